The predicted molar refractivity (Wildman–Crippen MR) is 230 cm³/mol. The van der Waals surface area contributed by atoms with Gasteiger partial charge in [0.15, 0.2) is 0 Å². The number of carbonyl (C=O) groups excluding carboxylic acids is 5. The van der Waals surface area contributed by atoms with Crippen LogP contribution >= 0.6 is 11.6 Å². The number of halogens is 1. The van der Waals surface area contributed by atoms with Crippen LogP contribution in [0.3, 0.4) is 0 Å². The van der Waals surface area contributed by atoms with Crippen LogP contribution in [0, 0.1) is 11.3 Å². The zero-order valence-corrected chi connectivity index (χ0v) is 34.7. The van der Waals surface area contributed by atoms with Gasteiger partial charge >= 0.3 is 0 Å². The fourth-order valence-corrected chi connectivity index (χ4v) is 6.95. The van der Waals surface area contributed by atoms with Crippen molar-refractivity contribution < 1.29 is 33.4 Å². The Kier molecular flexibility index (Phi) is 16.2. The highest BCUT2D eigenvalue weighted by atomic mass is 35.5. The first-order chi connectivity index (χ1) is 29.4. The minimum absolute atomic E-state index is 0.00707. The molecule has 16 nitrogen and oxygen atoms in total. The van der Waals surface area contributed by atoms with Crippen molar-refractivity contribution in [2.75, 3.05) is 46.4 Å². The number of likely N-dealkylation sites (N-methyl/N-ethyl adjacent to an activating group) is 1. The summed E-state index contributed by atoms with van der Waals surface area (Å²) in [7, 11) is 1.42. The van der Waals surface area contributed by atoms with Crippen molar-refractivity contribution >= 4 is 41.1 Å². The Bertz CT molecular complexity index is 2250. The van der Waals surface area contributed by atoms with E-state index < -0.39 is 53.7 Å². The molecule has 0 radical (unpaired) electrons. The average Bonchev–Trinajstić information content (AvgIpc) is 3.26. The second kappa shape index (κ2) is 21.7. The van der Waals surface area contributed by atoms with E-state index in [2.05, 4.69) is 21.3 Å². The predicted octanol–water partition coefficient (Wildman–Crippen LogP) is 2.18. The average molecular weight is 852 g/mol. The summed E-state index contributed by atoms with van der Waals surface area (Å²) in [5.74, 6) is -2.45. The number of fused-ring (bicyclic) bond motifs is 5. The van der Waals surface area contributed by atoms with E-state index in [1.54, 1.807) is 72.8 Å². The minimum Gasteiger partial charge on any atom is -0.492 e. The van der Waals surface area contributed by atoms with Crippen LogP contribution in [0.4, 0.5) is 0 Å². The molecule has 10 N–H and O–H groups in total. The van der Waals surface area contributed by atoms with E-state index in [0.29, 0.717) is 38.8 Å². The van der Waals surface area contributed by atoms with E-state index in [9.17, 15) is 24.0 Å². The van der Waals surface area contributed by atoms with Crippen molar-refractivity contribution in [1.29, 1.82) is 5.26 Å². The molecular formula is C44H50ClN9O7. The molecule has 320 valence electrons. The molecule has 17 heteroatoms. The number of rotatable bonds is 15. The fraction of sp³-hybridized carbons (Fsp3) is 0.318. The first-order valence-corrected chi connectivity index (χ1v) is 20.1. The van der Waals surface area contributed by atoms with Gasteiger partial charge in [0, 0.05) is 48.3 Å². The van der Waals surface area contributed by atoms with Crippen LogP contribution < -0.4 is 47.9 Å². The normalized spacial score (nSPS) is 16.7. The highest BCUT2D eigenvalue weighted by Gasteiger charge is 2.36. The highest BCUT2D eigenvalue weighted by molar-refractivity contribution is 6.30. The van der Waals surface area contributed by atoms with E-state index in [0.717, 1.165) is 11.1 Å². The van der Waals surface area contributed by atoms with E-state index in [1.165, 1.54) is 18.9 Å². The fourth-order valence-electron chi connectivity index (χ4n) is 6.83. The number of amides is 5. The lowest BCUT2D eigenvalue weighted by Crippen LogP contribution is -2.56. The minimum atomic E-state index is -1.38. The van der Waals surface area contributed by atoms with Crippen LogP contribution in [0.5, 0.6) is 11.5 Å². The molecule has 0 unspecified atom stereocenters. The maximum Gasteiger partial charge on any atom is 0.251 e. The summed E-state index contributed by atoms with van der Waals surface area (Å²) >= 11 is 6.04. The molecule has 1 heterocycles. The highest BCUT2D eigenvalue weighted by Crippen LogP contribution is 2.40. The van der Waals surface area contributed by atoms with Crippen molar-refractivity contribution in [2.24, 2.45) is 17.2 Å². The quantitative estimate of drug-likeness (QED) is 0.0854. The lowest BCUT2D eigenvalue weighted by Gasteiger charge is -2.32. The van der Waals surface area contributed by atoms with Crippen molar-refractivity contribution in [3.63, 3.8) is 0 Å². The summed E-state index contributed by atoms with van der Waals surface area (Å²) in [6.45, 7) is 1.85. The third-order valence-corrected chi connectivity index (χ3v) is 10.2. The van der Waals surface area contributed by atoms with Gasteiger partial charge in [0.1, 0.15) is 55.4 Å². The molecule has 0 saturated carbocycles. The Balaban J connectivity index is 1.57. The molecule has 1 aliphatic rings. The zero-order chi connectivity index (χ0) is 44.1. The number of carbonyl (C=O) groups is 5. The molecule has 61 heavy (non-hydrogen) atoms. The van der Waals surface area contributed by atoms with Gasteiger partial charge in [-0.1, -0.05) is 48.0 Å². The molecule has 5 rings (SSSR count). The molecule has 0 aliphatic carbocycles. The molecule has 0 spiro atoms. The molecular weight excluding hydrogens is 802 g/mol. The van der Waals surface area contributed by atoms with Gasteiger partial charge in [0.2, 0.25) is 23.6 Å². The van der Waals surface area contributed by atoms with Gasteiger partial charge in [-0.3, -0.25) is 24.0 Å². The molecule has 4 aromatic rings. The molecule has 4 aromatic carbocycles. The Morgan fingerprint density at radius 3 is 2.07 bits per heavy atom. The molecule has 0 aromatic heterocycles. The van der Waals surface area contributed by atoms with Crippen molar-refractivity contribution in [1.82, 2.24) is 26.2 Å². The standard InChI is InChI=1S/C44H50ClN9O7/c1-26-40(55)53-36(42(57)50-20-17-47)24-27-3-13-37(60-21-18-48)33(23-27)34-25-31(10-14-38(34)61-22-19-49)39(43(58)51-26)54(2)44(59)35(15-16-46)52-41(56)30-6-4-28(5-7-30)29-8-11-32(45)12-9-29/h3-14,23,25-26,35-36,39H,15-16,18-22,24,46,48-49H2,1-2H3,(H,50,57)(H,51,58)(H,52,56)(H,53,55)/t26-,35-,36-,39-/m0/s1. The number of hydrogen-bond acceptors (Lipinski definition) is 11. The van der Waals surface area contributed by atoms with E-state index >= 15 is 0 Å². The summed E-state index contributed by atoms with van der Waals surface area (Å²) in [6, 6.07) is 21.2. The van der Waals surface area contributed by atoms with E-state index in [1.807, 2.05) is 18.2 Å². The largest absolute Gasteiger partial charge is 0.492 e. The number of nitriles is 1. The molecule has 4 bridgehead atoms. The summed E-state index contributed by atoms with van der Waals surface area (Å²) in [5.41, 5.74) is 21.5. The van der Waals surface area contributed by atoms with Gasteiger partial charge in [0.25, 0.3) is 5.91 Å². The number of nitrogens with zero attached hydrogens (tertiary/aromatic N) is 2. The van der Waals surface area contributed by atoms with Crippen LogP contribution in [-0.2, 0) is 25.6 Å². The topological polar surface area (TPSA) is 257 Å². The third kappa shape index (κ3) is 11.6. The maximum atomic E-state index is 14.5. The Labute approximate surface area is 359 Å². The van der Waals surface area contributed by atoms with Gasteiger partial charge in [-0.2, -0.15) is 5.26 Å². The number of nitrogens with one attached hydrogen (secondary N) is 4. The lowest BCUT2D eigenvalue weighted by molar-refractivity contribution is -0.141. The molecule has 1 aliphatic heterocycles. The zero-order valence-electron chi connectivity index (χ0n) is 33.9. The third-order valence-electron chi connectivity index (χ3n) is 9.94. The number of ether oxygens (including phenoxy) is 2. The van der Waals surface area contributed by atoms with E-state index in [4.69, 9.17) is 43.5 Å². The second-order valence-corrected chi connectivity index (χ2v) is 14.7. The Hall–Kier alpha value is -6.51. The Morgan fingerprint density at radius 1 is 0.852 bits per heavy atom. The van der Waals surface area contributed by atoms with Gasteiger partial charge in [-0.25, -0.2) is 0 Å². The molecule has 5 amide bonds. The number of benzene rings is 4. The number of hydrogen-bond donors (Lipinski definition) is 7. The SMILES string of the molecule is C[C@@H]1NC(=O)[C@@H](N(C)C(=O)[C@H](CCN)NC(=O)c2ccc(-c3ccc(Cl)cc3)cc2)c2ccc(OCCN)c(c2)-c2cc(ccc2OCCN)C[C@@H](C(=O)NCC#N)NC1=O. The summed E-state index contributed by atoms with van der Waals surface area (Å²) in [5, 5.41) is 20.4. The number of nitrogens with two attached hydrogens (primary N) is 3. The van der Waals surface area contributed by atoms with Gasteiger partial charge in [-0.05, 0) is 90.7 Å². The van der Waals surface area contributed by atoms with Gasteiger partial charge in [0.05, 0.1) is 6.07 Å². The van der Waals surface area contributed by atoms with Crippen LogP contribution in [0.15, 0.2) is 84.9 Å². The van der Waals surface area contributed by atoms with Crippen LogP contribution in [0.2, 0.25) is 5.02 Å². The molecule has 0 saturated heterocycles. The van der Waals surface area contributed by atoms with Crippen LogP contribution in [0.1, 0.15) is 40.9 Å². The molecule has 4 atom stereocenters. The second-order valence-electron chi connectivity index (χ2n) is 14.3. The smallest absolute Gasteiger partial charge is 0.251 e. The summed E-state index contributed by atoms with van der Waals surface area (Å²) < 4.78 is 12.1. The summed E-state index contributed by atoms with van der Waals surface area (Å²) in [6.07, 6.45) is 0.0407. The molecule has 0 fully saturated rings. The first-order valence-electron chi connectivity index (χ1n) is 19.7. The summed E-state index contributed by atoms with van der Waals surface area (Å²) in [4.78, 5) is 70.7. The maximum absolute atomic E-state index is 14.5. The van der Waals surface area contributed by atoms with E-state index in [-0.39, 0.29) is 57.8 Å². The Morgan fingerprint density at radius 2 is 1.46 bits per heavy atom. The van der Waals surface area contributed by atoms with Crippen molar-refractivity contribution in [2.45, 2.75) is 43.9 Å². The van der Waals surface area contributed by atoms with Crippen LogP contribution in [0.25, 0.3) is 22.3 Å². The van der Waals surface area contributed by atoms with Crippen molar-refractivity contribution in [3.8, 4) is 39.8 Å². The first kappa shape index (κ1) is 45.6. The lowest BCUT2D eigenvalue weighted by atomic mass is 9.93. The van der Waals surface area contributed by atoms with Gasteiger partial charge in [-0.15, -0.1) is 0 Å². The van der Waals surface area contributed by atoms with Crippen LogP contribution in [-0.4, -0.2) is 99.0 Å². The van der Waals surface area contributed by atoms with Gasteiger partial charge < -0.3 is 52.8 Å². The monoisotopic (exact) mass is 851 g/mol. The van der Waals surface area contributed by atoms with Crippen molar-refractivity contribution in [3.05, 3.63) is 107 Å².